The highest BCUT2D eigenvalue weighted by atomic mass is 19.4. The van der Waals surface area contributed by atoms with Crippen molar-refractivity contribution >= 4 is 5.96 Å². The van der Waals surface area contributed by atoms with Crippen molar-refractivity contribution in [1.82, 2.24) is 10.6 Å². The molecule has 0 heterocycles. The highest BCUT2D eigenvalue weighted by molar-refractivity contribution is 5.80. The molecule has 0 aromatic heterocycles. The van der Waals surface area contributed by atoms with Crippen LogP contribution in [0.15, 0.2) is 29.3 Å². The maximum atomic E-state index is 12.6. The third-order valence-electron chi connectivity index (χ3n) is 3.51. The first-order chi connectivity index (χ1) is 10.9. The van der Waals surface area contributed by atoms with Gasteiger partial charge in [-0.25, -0.2) is 4.99 Å². The lowest BCUT2D eigenvalue weighted by Gasteiger charge is -2.09. The lowest BCUT2D eigenvalue weighted by Crippen LogP contribution is -2.39. The number of halogens is 3. The molecule has 23 heavy (non-hydrogen) atoms. The van der Waals surface area contributed by atoms with Gasteiger partial charge in [-0.05, 0) is 37.5 Å². The number of nitrogens with zero attached hydrogens (tertiary/aromatic N) is 1. The van der Waals surface area contributed by atoms with Gasteiger partial charge >= 0.3 is 6.18 Å². The largest absolute Gasteiger partial charge is 0.416 e. The van der Waals surface area contributed by atoms with E-state index in [0.29, 0.717) is 23.5 Å². The fourth-order valence-corrected chi connectivity index (χ4v) is 2.05. The molecule has 2 N–H and O–H groups in total. The minimum atomic E-state index is -4.35. The number of benzene rings is 1. The second-order valence-corrected chi connectivity index (χ2v) is 5.54. The van der Waals surface area contributed by atoms with Gasteiger partial charge in [0.2, 0.25) is 0 Å². The first-order valence-corrected chi connectivity index (χ1v) is 7.61. The number of alkyl halides is 3. The number of rotatable bonds is 3. The van der Waals surface area contributed by atoms with Crippen LogP contribution < -0.4 is 10.6 Å². The van der Waals surface area contributed by atoms with E-state index in [1.807, 2.05) is 6.92 Å². The van der Waals surface area contributed by atoms with Crippen molar-refractivity contribution in [1.29, 1.82) is 0 Å². The molecule has 0 radical (unpaired) electrons. The number of hydrogen-bond donors (Lipinski definition) is 2. The van der Waals surface area contributed by atoms with Gasteiger partial charge in [-0.1, -0.05) is 24.8 Å². The smallest absolute Gasteiger partial charge is 0.357 e. The van der Waals surface area contributed by atoms with Crippen LogP contribution in [0, 0.1) is 17.8 Å². The number of aliphatic imine (C=N–C) groups is 1. The Morgan fingerprint density at radius 2 is 2.13 bits per heavy atom. The maximum Gasteiger partial charge on any atom is 0.416 e. The quantitative estimate of drug-likeness (QED) is 0.510. The Bertz CT molecular complexity index is 626. The van der Waals surface area contributed by atoms with E-state index in [1.165, 1.54) is 6.07 Å². The van der Waals surface area contributed by atoms with E-state index in [9.17, 15) is 13.2 Å². The van der Waals surface area contributed by atoms with Crippen LogP contribution in [-0.2, 0) is 6.18 Å². The molecule has 1 saturated carbocycles. The summed E-state index contributed by atoms with van der Waals surface area (Å²) in [5, 5.41) is 6.42. The lowest BCUT2D eigenvalue weighted by molar-refractivity contribution is -0.137. The second-order valence-electron chi connectivity index (χ2n) is 5.54. The van der Waals surface area contributed by atoms with E-state index < -0.39 is 11.7 Å². The van der Waals surface area contributed by atoms with Crippen molar-refractivity contribution in [3.63, 3.8) is 0 Å². The summed E-state index contributed by atoms with van der Waals surface area (Å²) in [5.41, 5.74) is -0.352. The SMILES string of the molecule is CCNC(=NCC#Cc1cccc(C(F)(F)F)c1)NC1CC1C. The van der Waals surface area contributed by atoms with E-state index >= 15 is 0 Å². The number of hydrogen-bond acceptors (Lipinski definition) is 1. The molecule has 124 valence electrons. The van der Waals surface area contributed by atoms with Crippen LogP contribution in [0.1, 0.15) is 31.4 Å². The van der Waals surface area contributed by atoms with Gasteiger partial charge in [0, 0.05) is 18.2 Å². The van der Waals surface area contributed by atoms with Crippen molar-refractivity contribution in [3.05, 3.63) is 35.4 Å². The summed E-state index contributed by atoms with van der Waals surface area (Å²) in [6, 6.07) is 5.45. The zero-order chi connectivity index (χ0) is 16.9. The monoisotopic (exact) mass is 323 g/mol. The third-order valence-corrected chi connectivity index (χ3v) is 3.51. The molecule has 3 nitrogen and oxygen atoms in total. The first kappa shape index (κ1) is 17.2. The number of nitrogens with one attached hydrogen (secondary N) is 2. The molecular formula is C17H20F3N3. The van der Waals surface area contributed by atoms with Crippen LogP contribution in [0.2, 0.25) is 0 Å². The molecular weight excluding hydrogens is 303 g/mol. The molecule has 0 spiro atoms. The highest BCUT2D eigenvalue weighted by Crippen LogP contribution is 2.29. The van der Waals surface area contributed by atoms with Crippen LogP contribution in [0.5, 0.6) is 0 Å². The van der Waals surface area contributed by atoms with Crippen LogP contribution >= 0.6 is 0 Å². The topological polar surface area (TPSA) is 36.4 Å². The van der Waals surface area contributed by atoms with Crippen LogP contribution in [-0.4, -0.2) is 25.1 Å². The van der Waals surface area contributed by atoms with Crippen molar-refractivity contribution in [2.75, 3.05) is 13.1 Å². The Labute approximate surface area is 134 Å². The Kier molecular flexibility index (Phi) is 5.54. The summed E-state index contributed by atoms with van der Waals surface area (Å²) >= 11 is 0. The molecule has 6 heteroatoms. The van der Waals surface area contributed by atoms with Crippen molar-refractivity contribution in [3.8, 4) is 11.8 Å². The third kappa shape index (κ3) is 5.51. The fraction of sp³-hybridized carbons (Fsp3) is 0.471. The van der Waals surface area contributed by atoms with E-state index in [0.717, 1.165) is 25.1 Å². The molecule has 0 bridgehead atoms. The molecule has 2 unspecified atom stereocenters. The summed E-state index contributed by atoms with van der Waals surface area (Å²) in [5.74, 6) is 6.85. The zero-order valence-electron chi connectivity index (χ0n) is 13.2. The van der Waals surface area contributed by atoms with Crippen molar-refractivity contribution < 1.29 is 13.2 Å². The standard InChI is InChI=1S/C17H20F3N3/c1-3-21-16(23-15-10-12(15)2)22-9-5-7-13-6-4-8-14(11-13)17(18,19)20/h4,6,8,11-12,15H,3,9-10H2,1-2H3,(H2,21,22,23). The van der Waals surface area contributed by atoms with Gasteiger partial charge in [0.25, 0.3) is 0 Å². The van der Waals surface area contributed by atoms with E-state index in [2.05, 4.69) is 34.4 Å². The fourth-order valence-electron chi connectivity index (χ4n) is 2.05. The van der Waals surface area contributed by atoms with E-state index in [4.69, 9.17) is 0 Å². The number of guanidine groups is 1. The molecule has 0 saturated heterocycles. The van der Waals surface area contributed by atoms with Crippen molar-refractivity contribution in [2.24, 2.45) is 10.9 Å². The summed E-state index contributed by atoms with van der Waals surface area (Å²) in [4.78, 5) is 4.31. The average molecular weight is 323 g/mol. The van der Waals surface area contributed by atoms with Gasteiger partial charge in [-0.3, -0.25) is 0 Å². The first-order valence-electron chi connectivity index (χ1n) is 7.61. The average Bonchev–Trinajstić information content (AvgIpc) is 3.18. The van der Waals surface area contributed by atoms with Gasteiger partial charge < -0.3 is 10.6 Å². The molecule has 1 fully saturated rings. The Balaban J connectivity index is 1.97. The molecule has 0 aliphatic heterocycles. The van der Waals surface area contributed by atoms with Gasteiger partial charge in [-0.15, -0.1) is 0 Å². The van der Waals surface area contributed by atoms with Gasteiger partial charge in [0.1, 0.15) is 6.54 Å². The van der Waals surface area contributed by atoms with E-state index in [1.54, 1.807) is 6.07 Å². The van der Waals surface area contributed by atoms with Crippen molar-refractivity contribution in [2.45, 2.75) is 32.5 Å². The minimum absolute atomic E-state index is 0.229. The summed E-state index contributed by atoms with van der Waals surface area (Å²) in [7, 11) is 0. The van der Waals surface area contributed by atoms with Crippen LogP contribution in [0.4, 0.5) is 13.2 Å². The summed E-state index contributed by atoms with van der Waals surface area (Å²) in [6.07, 6.45) is -3.22. The Hall–Kier alpha value is -2.16. The molecule has 1 aliphatic rings. The highest BCUT2D eigenvalue weighted by Gasteiger charge is 2.33. The van der Waals surface area contributed by atoms with Gasteiger partial charge in [-0.2, -0.15) is 13.2 Å². The van der Waals surface area contributed by atoms with E-state index in [-0.39, 0.29) is 6.54 Å². The summed E-state index contributed by atoms with van der Waals surface area (Å²) in [6.45, 7) is 5.11. The van der Waals surface area contributed by atoms with Crippen LogP contribution in [0.25, 0.3) is 0 Å². The minimum Gasteiger partial charge on any atom is -0.357 e. The predicted molar refractivity (Wildman–Crippen MR) is 85.0 cm³/mol. The Morgan fingerprint density at radius 3 is 2.74 bits per heavy atom. The maximum absolute atomic E-state index is 12.6. The summed E-state index contributed by atoms with van der Waals surface area (Å²) < 4.78 is 37.9. The second kappa shape index (κ2) is 7.40. The molecule has 0 amide bonds. The van der Waals surface area contributed by atoms with Crippen LogP contribution in [0.3, 0.4) is 0 Å². The zero-order valence-corrected chi connectivity index (χ0v) is 13.2. The normalized spacial score (nSPS) is 20.5. The predicted octanol–water partition coefficient (Wildman–Crippen LogP) is 3.02. The molecule has 1 aromatic rings. The van der Waals surface area contributed by atoms with Gasteiger partial charge in [0.05, 0.1) is 5.56 Å². The molecule has 1 aromatic carbocycles. The Morgan fingerprint density at radius 1 is 1.39 bits per heavy atom. The molecule has 2 rings (SSSR count). The molecule has 1 aliphatic carbocycles. The molecule has 2 atom stereocenters. The lowest BCUT2D eigenvalue weighted by atomic mass is 10.1. The van der Waals surface area contributed by atoms with Gasteiger partial charge in [0.15, 0.2) is 5.96 Å².